The number of nitrogens with one attached hydrogen (secondary N) is 1. The van der Waals surface area contributed by atoms with E-state index < -0.39 is 0 Å². The predicted octanol–water partition coefficient (Wildman–Crippen LogP) is 3.14. The maximum absolute atomic E-state index is 13.1. The van der Waals surface area contributed by atoms with Gasteiger partial charge in [-0.15, -0.1) is 0 Å². The zero-order valence-electron chi connectivity index (χ0n) is 15.3. The Morgan fingerprint density at radius 3 is 2.80 bits per heavy atom. The van der Waals surface area contributed by atoms with Crippen LogP contribution in [0.25, 0.3) is 0 Å². The second kappa shape index (κ2) is 6.32. The summed E-state index contributed by atoms with van der Waals surface area (Å²) in [6.45, 7) is 7.65. The molecule has 1 amide bonds. The van der Waals surface area contributed by atoms with E-state index in [1.54, 1.807) is 6.20 Å². The topological polar surface area (TPSA) is 66.8 Å². The van der Waals surface area contributed by atoms with Crippen molar-refractivity contribution in [2.75, 3.05) is 6.54 Å². The molecule has 4 rings (SSSR count). The Balaban J connectivity index is 1.53. The number of carbonyl (C=O) groups is 1. The molecule has 1 aliphatic carbocycles. The lowest BCUT2D eigenvalue weighted by molar-refractivity contribution is -0.135. The van der Waals surface area contributed by atoms with Gasteiger partial charge in [-0.25, -0.2) is 4.98 Å². The average Bonchev–Trinajstić information content (AvgIpc) is 3.19. The van der Waals surface area contributed by atoms with Gasteiger partial charge in [0.15, 0.2) is 0 Å². The number of nitrogens with zero attached hydrogens (tertiary/aromatic N) is 4. The number of H-pyrrole nitrogens is 1. The van der Waals surface area contributed by atoms with Crippen molar-refractivity contribution >= 4 is 5.91 Å². The van der Waals surface area contributed by atoms with Crippen LogP contribution in [0.2, 0.25) is 0 Å². The van der Waals surface area contributed by atoms with E-state index in [2.05, 4.69) is 29.0 Å². The highest BCUT2D eigenvalue weighted by atomic mass is 16.2. The smallest absolute Gasteiger partial charge is 0.245 e. The number of imidazole rings is 1. The number of aromatic amines is 1. The minimum absolute atomic E-state index is 0.173. The van der Waals surface area contributed by atoms with Gasteiger partial charge in [-0.05, 0) is 19.8 Å². The number of aromatic nitrogens is 4. The molecule has 0 aromatic carbocycles. The molecule has 1 fully saturated rings. The molecule has 0 saturated heterocycles. The summed E-state index contributed by atoms with van der Waals surface area (Å²) in [5.74, 6) is 2.04. The number of hydrogen-bond donors (Lipinski definition) is 1. The molecule has 0 unspecified atom stereocenters. The van der Waals surface area contributed by atoms with Gasteiger partial charge < -0.3 is 9.47 Å². The zero-order valence-corrected chi connectivity index (χ0v) is 15.3. The molecule has 25 heavy (non-hydrogen) atoms. The molecule has 2 aromatic heterocycles. The maximum atomic E-state index is 13.1. The van der Waals surface area contributed by atoms with Crippen molar-refractivity contribution in [1.29, 1.82) is 0 Å². The van der Waals surface area contributed by atoms with Gasteiger partial charge in [0.05, 0.1) is 5.69 Å². The summed E-state index contributed by atoms with van der Waals surface area (Å²) in [5.41, 5.74) is 3.70. The van der Waals surface area contributed by atoms with Gasteiger partial charge in [0.2, 0.25) is 5.91 Å². The van der Waals surface area contributed by atoms with E-state index in [0.717, 1.165) is 18.8 Å². The van der Waals surface area contributed by atoms with Crippen molar-refractivity contribution < 1.29 is 4.79 Å². The van der Waals surface area contributed by atoms with Crippen LogP contribution < -0.4 is 0 Å². The molecule has 1 atom stereocenters. The summed E-state index contributed by atoms with van der Waals surface area (Å²) in [5, 5.41) is 7.78. The number of amides is 1. The van der Waals surface area contributed by atoms with Crippen molar-refractivity contribution in [1.82, 2.24) is 24.6 Å². The fourth-order valence-corrected chi connectivity index (χ4v) is 4.01. The van der Waals surface area contributed by atoms with Crippen LogP contribution in [0.5, 0.6) is 0 Å². The predicted molar refractivity (Wildman–Crippen MR) is 95.3 cm³/mol. The summed E-state index contributed by atoms with van der Waals surface area (Å²) in [6, 6.07) is -0.222. The fraction of sp³-hybridized carbons (Fsp3) is 0.632. The average molecular weight is 341 g/mol. The molecule has 0 bridgehead atoms. The van der Waals surface area contributed by atoms with E-state index in [4.69, 9.17) is 0 Å². The molecule has 134 valence electrons. The second-order valence-corrected chi connectivity index (χ2v) is 7.73. The summed E-state index contributed by atoms with van der Waals surface area (Å²) in [6.07, 6.45) is 8.34. The first-order valence-electron chi connectivity index (χ1n) is 9.43. The van der Waals surface area contributed by atoms with E-state index in [-0.39, 0.29) is 11.9 Å². The molecule has 2 aromatic rings. The Morgan fingerprint density at radius 2 is 2.12 bits per heavy atom. The monoisotopic (exact) mass is 341 g/mol. The summed E-state index contributed by atoms with van der Waals surface area (Å²) < 4.78 is 2.02. The van der Waals surface area contributed by atoms with Gasteiger partial charge in [-0.1, -0.05) is 20.3 Å². The first kappa shape index (κ1) is 16.4. The molecule has 0 radical (unpaired) electrons. The number of carbonyl (C=O) groups excluding carboxylic acids is 1. The van der Waals surface area contributed by atoms with E-state index >= 15 is 0 Å². The number of rotatable bonds is 4. The third-order valence-electron chi connectivity index (χ3n) is 5.76. The van der Waals surface area contributed by atoms with Crippen LogP contribution in [0.3, 0.4) is 0 Å². The van der Waals surface area contributed by atoms with E-state index in [1.807, 2.05) is 22.6 Å². The lowest BCUT2D eigenvalue weighted by Gasteiger charge is -2.32. The quantitative estimate of drug-likeness (QED) is 0.929. The van der Waals surface area contributed by atoms with Gasteiger partial charge in [-0.2, -0.15) is 5.10 Å². The van der Waals surface area contributed by atoms with Crippen molar-refractivity contribution in [3.05, 3.63) is 35.2 Å². The highest BCUT2D eigenvalue weighted by Crippen LogP contribution is 2.39. The van der Waals surface area contributed by atoms with Crippen LogP contribution in [-0.2, 0) is 17.8 Å². The number of fused-ring (bicyclic) bond motifs is 1. The molecular formula is C19H27N5O. The van der Waals surface area contributed by atoms with Gasteiger partial charge in [-0.3, -0.25) is 9.89 Å². The van der Waals surface area contributed by atoms with Crippen molar-refractivity contribution in [3.8, 4) is 0 Å². The first-order chi connectivity index (χ1) is 12.1. The zero-order chi connectivity index (χ0) is 17.6. The maximum Gasteiger partial charge on any atom is 0.245 e. The molecule has 2 aliphatic rings. The largest absolute Gasteiger partial charge is 0.336 e. The molecule has 1 saturated carbocycles. The molecule has 6 heteroatoms. The Kier molecular flexibility index (Phi) is 4.13. The van der Waals surface area contributed by atoms with Gasteiger partial charge >= 0.3 is 0 Å². The first-order valence-corrected chi connectivity index (χ1v) is 9.43. The third-order valence-corrected chi connectivity index (χ3v) is 5.76. The Hall–Kier alpha value is -2.11. The van der Waals surface area contributed by atoms with Gasteiger partial charge in [0, 0.05) is 55.0 Å². The van der Waals surface area contributed by atoms with Crippen LogP contribution in [0.15, 0.2) is 12.4 Å². The highest BCUT2D eigenvalue weighted by Gasteiger charge is 2.32. The van der Waals surface area contributed by atoms with Crippen LogP contribution in [0.4, 0.5) is 0 Å². The highest BCUT2D eigenvalue weighted by molar-refractivity contribution is 5.80. The van der Waals surface area contributed by atoms with Gasteiger partial charge in [0.1, 0.15) is 11.9 Å². The molecular weight excluding hydrogens is 314 g/mol. The Labute approximate surface area is 148 Å². The number of hydrogen-bond acceptors (Lipinski definition) is 3. The van der Waals surface area contributed by atoms with Crippen molar-refractivity contribution in [3.63, 3.8) is 0 Å². The normalized spacial score (nSPS) is 19.0. The SMILES string of the molecule is CC(C)c1nccn1[C@H](C)C(=O)N1CCc2[nH]nc(C3CCC3)c2C1. The Morgan fingerprint density at radius 1 is 1.32 bits per heavy atom. The summed E-state index contributed by atoms with van der Waals surface area (Å²) >= 11 is 0. The van der Waals surface area contributed by atoms with Crippen molar-refractivity contribution in [2.45, 2.75) is 70.9 Å². The second-order valence-electron chi connectivity index (χ2n) is 7.73. The lowest BCUT2D eigenvalue weighted by atomic mass is 9.80. The van der Waals surface area contributed by atoms with Crippen LogP contribution in [-0.4, -0.2) is 37.1 Å². The minimum atomic E-state index is -0.222. The van der Waals surface area contributed by atoms with Crippen LogP contribution >= 0.6 is 0 Å². The van der Waals surface area contributed by atoms with Gasteiger partial charge in [0.25, 0.3) is 0 Å². The van der Waals surface area contributed by atoms with Crippen LogP contribution in [0, 0.1) is 0 Å². The molecule has 0 spiro atoms. The third kappa shape index (κ3) is 2.77. The van der Waals surface area contributed by atoms with Crippen molar-refractivity contribution in [2.24, 2.45) is 0 Å². The fourth-order valence-electron chi connectivity index (χ4n) is 4.01. The molecule has 3 heterocycles. The minimum Gasteiger partial charge on any atom is -0.336 e. The Bertz CT molecular complexity index is 771. The molecule has 6 nitrogen and oxygen atoms in total. The summed E-state index contributed by atoms with van der Waals surface area (Å²) in [4.78, 5) is 19.5. The summed E-state index contributed by atoms with van der Waals surface area (Å²) in [7, 11) is 0. The van der Waals surface area contributed by atoms with E-state index in [9.17, 15) is 4.79 Å². The molecule has 1 aliphatic heterocycles. The lowest BCUT2D eigenvalue weighted by Crippen LogP contribution is -2.40. The van der Waals surface area contributed by atoms with Crippen LogP contribution in [0.1, 0.15) is 80.7 Å². The van der Waals surface area contributed by atoms with E-state index in [0.29, 0.717) is 18.4 Å². The standard InChI is InChI=1S/C19H27N5O/c1-12(2)18-20-8-10-24(18)13(3)19(25)23-9-7-16-15(11-23)17(22-21-16)14-5-4-6-14/h8,10,12-14H,4-7,9,11H2,1-3H3,(H,21,22)/t13-/m1/s1. The van der Waals surface area contributed by atoms with E-state index in [1.165, 1.54) is 36.2 Å². The molecule has 1 N–H and O–H groups in total.